The molecule has 0 aliphatic heterocycles. The first-order chi connectivity index (χ1) is 13.8. The first kappa shape index (κ1) is 26.0. The fourth-order valence-electron chi connectivity index (χ4n) is 4.36. The molecule has 1 aliphatic carbocycles. The molecule has 0 amide bonds. The molecule has 29 heavy (non-hydrogen) atoms. The van der Waals surface area contributed by atoms with Crippen LogP contribution < -0.4 is 0 Å². The second-order valence-electron chi connectivity index (χ2n) is 10.0. The zero-order chi connectivity index (χ0) is 21.6. The van der Waals surface area contributed by atoms with Crippen molar-refractivity contribution in [1.82, 2.24) is 0 Å². The van der Waals surface area contributed by atoms with Gasteiger partial charge in [0.15, 0.2) is 0 Å². The highest BCUT2D eigenvalue weighted by Crippen LogP contribution is 2.31. The molecule has 4 nitrogen and oxygen atoms in total. The lowest BCUT2D eigenvalue weighted by Crippen LogP contribution is -2.31. The van der Waals surface area contributed by atoms with Gasteiger partial charge in [0.2, 0.25) is 0 Å². The van der Waals surface area contributed by atoms with Crippen molar-refractivity contribution in [3.8, 4) is 0 Å². The Morgan fingerprint density at radius 2 is 1.31 bits per heavy atom. The molecule has 1 fully saturated rings. The quantitative estimate of drug-likeness (QED) is 0.233. The smallest absolute Gasteiger partial charge is 0.309 e. The van der Waals surface area contributed by atoms with Crippen LogP contribution in [0.2, 0.25) is 0 Å². The average molecular weight is 411 g/mol. The third-order valence-corrected chi connectivity index (χ3v) is 6.25. The topological polar surface area (TPSA) is 63.6 Å². The lowest BCUT2D eigenvalue weighted by Gasteiger charge is -2.27. The number of carboxylic acids is 1. The molecule has 0 bridgehead atoms. The van der Waals surface area contributed by atoms with E-state index in [1.165, 1.54) is 32.1 Å². The van der Waals surface area contributed by atoms with Gasteiger partial charge >= 0.3 is 11.9 Å². The van der Waals surface area contributed by atoms with Gasteiger partial charge in [0.1, 0.15) is 6.10 Å². The van der Waals surface area contributed by atoms with E-state index in [-0.39, 0.29) is 23.9 Å². The Labute approximate surface area is 179 Å². The van der Waals surface area contributed by atoms with Gasteiger partial charge in [-0.2, -0.15) is 0 Å². The standard InChI is InChI=1S/C25H46O4/c1-19(2)12-8-6-5-7-9-16-23(17-10-13-20(3)4)29-25(28)22-15-11-14-21(18-22)24(26)27/h19-23H,5-18H2,1-4H3,(H,26,27). The van der Waals surface area contributed by atoms with Crippen LogP contribution in [0.5, 0.6) is 0 Å². The van der Waals surface area contributed by atoms with Crippen LogP contribution in [0.3, 0.4) is 0 Å². The summed E-state index contributed by atoms with van der Waals surface area (Å²) in [5, 5.41) is 9.27. The van der Waals surface area contributed by atoms with Gasteiger partial charge < -0.3 is 9.84 Å². The van der Waals surface area contributed by atoms with Gasteiger partial charge in [0.25, 0.3) is 0 Å². The Morgan fingerprint density at radius 1 is 0.793 bits per heavy atom. The summed E-state index contributed by atoms with van der Waals surface area (Å²) in [5.74, 6) is -0.0712. The normalized spacial score (nSPS) is 20.8. The molecule has 3 atom stereocenters. The highest BCUT2D eigenvalue weighted by molar-refractivity contribution is 5.75. The van der Waals surface area contributed by atoms with E-state index in [4.69, 9.17) is 4.74 Å². The maximum absolute atomic E-state index is 12.7. The van der Waals surface area contributed by atoms with Gasteiger partial charge in [0.05, 0.1) is 11.8 Å². The number of carbonyl (C=O) groups is 2. The Bertz CT molecular complexity index is 458. The third-order valence-electron chi connectivity index (χ3n) is 6.25. The number of aliphatic carboxylic acids is 1. The molecule has 1 rings (SSSR count). The van der Waals surface area contributed by atoms with Crippen molar-refractivity contribution >= 4 is 11.9 Å². The summed E-state index contributed by atoms with van der Waals surface area (Å²) in [4.78, 5) is 24.0. The number of hydrogen-bond acceptors (Lipinski definition) is 3. The maximum atomic E-state index is 12.7. The molecule has 0 radical (unpaired) electrons. The van der Waals surface area contributed by atoms with Crippen molar-refractivity contribution < 1.29 is 19.4 Å². The van der Waals surface area contributed by atoms with E-state index < -0.39 is 5.97 Å². The van der Waals surface area contributed by atoms with Crippen LogP contribution in [0, 0.1) is 23.7 Å². The van der Waals surface area contributed by atoms with E-state index in [1.807, 2.05) is 0 Å². The van der Waals surface area contributed by atoms with Crippen LogP contribution in [0.25, 0.3) is 0 Å². The Hall–Kier alpha value is -1.06. The van der Waals surface area contributed by atoms with Crippen molar-refractivity contribution in [2.24, 2.45) is 23.7 Å². The lowest BCUT2D eigenvalue weighted by atomic mass is 9.81. The van der Waals surface area contributed by atoms with Crippen LogP contribution in [0.4, 0.5) is 0 Å². The molecule has 0 aromatic carbocycles. The van der Waals surface area contributed by atoms with Crippen molar-refractivity contribution in [3.63, 3.8) is 0 Å². The SMILES string of the molecule is CC(C)CCCCCCCC(CCCC(C)C)OC(=O)C1CCCC(C(=O)O)C1. The van der Waals surface area contributed by atoms with Crippen LogP contribution in [0.15, 0.2) is 0 Å². The van der Waals surface area contributed by atoms with E-state index in [0.29, 0.717) is 18.8 Å². The number of carboxylic acid groups (broad SMARTS) is 1. The summed E-state index contributed by atoms with van der Waals surface area (Å²) < 4.78 is 5.93. The first-order valence-electron chi connectivity index (χ1n) is 12.2. The molecular weight excluding hydrogens is 364 g/mol. The molecule has 0 saturated heterocycles. The van der Waals surface area contributed by atoms with E-state index in [0.717, 1.165) is 50.9 Å². The van der Waals surface area contributed by atoms with Gasteiger partial charge in [-0.25, -0.2) is 0 Å². The largest absolute Gasteiger partial charge is 0.481 e. The molecule has 4 heteroatoms. The molecule has 170 valence electrons. The van der Waals surface area contributed by atoms with Crippen LogP contribution in [-0.4, -0.2) is 23.1 Å². The lowest BCUT2D eigenvalue weighted by molar-refractivity contribution is -0.158. The Balaban J connectivity index is 2.40. The number of hydrogen-bond donors (Lipinski definition) is 1. The summed E-state index contributed by atoms with van der Waals surface area (Å²) >= 11 is 0. The first-order valence-corrected chi connectivity index (χ1v) is 12.2. The van der Waals surface area contributed by atoms with E-state index in [1.54, 1.807) is 0 Å². The molecule has 1 saturated carbocycles. The minimum atomic E-state index is -0.770. The van der Waals surface area contributed by atoms with Crippen molar-refractivity contribution in [2.45, 2.75) is 124 Å². The minimum Gasteiger partial charge on any atom is -0.481 e. The zero-order valence-corrected chi connectivity index (χ0v) is 19.5. The predicted molar refractivity (Wildman–Crippen MR) is 119 cm³/mol. The summed E-state index contributed by atoms with van der Waals surface area (Å²) in [6, 6.07) is 0. The molecular formula is C25H46O4. The molecule has 3 unspecified atom stereocenters. The molecule has 0 heterocycles. The second-order valence-corrected chi connectivity index (χ2v) is 10.0. The summed E-state index contributed by atoms with van der Waals surface area (Å²) in [7, 11) is 0. The van der Waals surface area contributed by atoms with Gasteiger partial charge in [0, 0.05) is 0 Å². The maximum Gasteiger partial charge on any atom is 0.309 e. The summed E-state index contributed by atoms with van der Waals surface area (Å²) in [6.07, 6.45) is 14.4. The minimum absolute atomic E-state index is 0.00196. The molecule has 0 aromatic rings. The molecule has 1 aliphatic rings. The van der Waals surface area contributed by atoms with Gasteiger partial charge in [-0.1, -0.05) is 72.6 Å². The van der Waals surface area contributed by atoms with Gasteiger partial charge in [-0.15, -0.1) is 0 Å². The fourth-order valence-corrected chi connectivity index (χ4v) is 4.36. The zero-order valence-electron chi connectivity index (χ0n) is 19.5. The molecule has 0 aromatic heterocycles. The number of ether oxygens (including phenoxy) is 1. The molecule has 1 N–H and O–H groups in total. The monoisotopic (exact) mass is 410 g/mol. The van der Waals surface area contributed by atoms with Crippen LogP contribution in [0.1, 0.15) is 118 Å². The number of carbonyl (C=O) groups excluding carboxylic acids is 1. The van der Waals surface area contributed by atoms with Crippen LogP contribution >= 0.6 is 0 Å². The van der Waals surface area contributed by atoms with E-state index in [2.05, 4.69) is 27.7 Å². The fraction of sp³-hybridized carbons (Fsp3) is 0.920. The second kappa shape index (κ2) is 14.8. The Kier molecular flexibility index (Phi) is 13.3. The average Bonchev–Trinajstić information content (AvgIpc) is 2.66. The highest BCUT2D eigenvalue weighted by atomic mass is 16.5. The van der Waals surface area contributed by atoms with Gasteiger partial charge in [-0.3, -0.25) is 9.59 Å². The number of rotatable bonds is 15. The summed E-state index contributed by atoms with van der Waals surface area (Å²) in [6.45, 7) is 9.01. The predicted octanol–water partition coefficient (Wildman–Crippen LogP) is 7.00. The Morgan fingerprint density at radius 3 is 1.93 bits per heavy atom. The van der Waals surface area contributed by atoms with Crippen molar-refractivity contribution in [1.29, 1.82) is 0 Å². The van der Waals surface area contributed by atoms with Crippen molar-refractivity contribution in [3.05, 3.63) is 0 Å². The van der Waals surface area contributed by atoms with Crippen molar-refractivity contribution in [2.75, 3.05) is 0 Å². The number of esters is 1. The highest BCUT2D eigenvalue weighted by Gasteiger charge is 2.32. The number of unbranched alkanes of at least 4 members (excludes halogenated alkanes) is 4. The third kappa shape index (κ3) is 12.3. The van der Waals surface area contributed by atoms with Crippen LogP contribution in [-0.2, 0) is 14.3 Å². The summed E-state index contributed by atoms with van der Waals surface area (Å²) in [5.41, 5.74) is 0. The van der Waals surface area contributed by atoms with E-state index in [9.17, 15) is 14.7 Å². The molecule has 0 spiro atoms. The van der Waals surface area contributed by atoms with Gasteiger partial charge in [-0.05, 0) is 56.8 Å². The van der Waals surface area contributed by atoms with E-state index >= 15 is 0 Å².